The molecule has 120 valence electrons. The predicted molar refractivity (Wildman–Crippen MR) is 104 cm³/mol. The zero-order valence-corrected chi connectivity index (χ0v) is 17.0. The van der Waals surface area contributed by atoms with Gasteiger partial charge in [0.25, 0.3) is 0 Å². The molecule has 0 aliphatic carbocycles. The third-order valence-corrected chi connectivity index (χ3v) is 5.49. The number of hydrogen-bond acceptors (Lipinski definition) is 0. The molecular formula is C20H21AuLiP-2. The molecule has 0 aliphatic rings. The molecule has 3 aromatic rings. The van der Waals surface area contributed by atoms with Gasteiger partial charge in [0.15, 0.2) is 0 Å². The van der Waals surface area contributed by atoms with Crippen molar-refractivity contribution in [2.24, 2.45) is 0 Å². The Balaban J connectivity index is 0. The van der Waals surface area contributed by atoms with Crippen molar-refractivity contribution in [3.63, 3.8) is 0 Å². The van der Waals surface area contributed by atoms with E-state index in [4.69, 9.17) is 0 Å². The van der Waals surface area contributed by atoms with Gasteiger partial charge in [-0.3, -0.25) is 0 Å². The summed E-state index contributed by atoms with van der Waals surface area (Å²) in [7, 11) is -0.446. The van der Waals surface area contributed by atoms with Gasteiger partial charge >= 0.3 is 0 Å². The summed E-state index contributed by atoms with van der Waals surface area (Å²) in [5, 5.41) is 4.19. The van der Waals surface area contributed by atoms with Crippen LogP contribution in [0.5, 0.6) is 0 Å². The SMILES string of the molecule is [Au].[CH3-].[CH3-].[Li].c1ccc(P(c2ccccc2)c2ccccc2)cc1. The first kappa shape index (κ1) is 24.7. The van der Waals surface area contributed by atoms with Crippen molar-refractivity contribution in [1.29, 1.82) is 0 Å². The molecule has 2 radical (unpaired) electrons. The van der Waals surface area contributed by atoms with Crippen molar-refractivity contribution < 1.29 is 22.4 Å². The first-order valence-corrected chi connectivity index (χ1v) is 7.74. The summed E-state index contributed by atoms with van der Waals surface area (Å²) in [4.78, 5) is 0. The molecule has 3 rings (SSSR count). The molecule has 3 heteroatoms. The van der Waals surface area contributed by atoms with Gasteiger partial charge in [-0.1, -0.05) is 91.0 Å². The molecule has 3 aromatic carbocycles. The summed E-state index contributed by atoms with van der Waals surface area (Å²) in [5.74, 6) is 0. The van der Waals surface area contributed by atoms with E-state index in [0.717, 1.165) is 0 Å². The Morgan fingerprint density at radius 2 is 0.652 bits per heavy atom. The molecule has 0 nitrogen and oxygen atoms in total. The fraction of sp³-hybridized carbons (Fsp3) is 0. The van der Waals surface area contributed by atoms with Crippen molar-refractivity contribution in [3.05, 3.63) is 106 Å². The van der Waals surface area contributed by atoms with Gasteiger partial charge in [0.1, 0.15) is 0 Å². The maximum atomic E-state index is 2.23. The molecule has 0 saturated heterocycles. The Bertz CT molecular complexity index is 536. The van der Waals surface area contributed by atoms with Gasteiger partial charge in [0, 0.05) is 41.2 Å². The molecule has 0 N–H and O–H groups in total. The predicted octanol–water partition coefficient (Wildman–Crippen LogP) is 3.96. The van der Waals surface area contributed by atoms with Gasteiger partial charge in [-0.15, -0.1) is 0 Å². The van der Waals surface area contributed by atoms with Crippen molar-refractivity contribution in [2.45, 2.75) is 0 Å². The first-order chi connectivity index (χ1) is 9.45. The second kappa shape index (κ2) is 12.8. The van der Waals surface area contributed by atoms with Gasteiger partial charge in [-0.05, 0) is 23.8 Å². The molecule has 0 atom stereocenters. The summed E-state index contributed by atoms with van der Waals surface area (Å²) < 4.78 is 0. The van der Waals surface area contributed by atoms with Crippen molar-refractivity contribution in [3.8, 4) is 0 Å². The van der Waals surface area contributed by atoms with Gasteiger partial charge in [-0.25, -0.2) is 0 Å². The van der Waals surface area contributed by atoms with Crippen molar-refractivity contribution in [2.75, 3.05) is 0 Å². The van der Waals surface area contributed by atoms with Gasteiger partial charge in [0.05, 0.1) is 0 Å². The zero-order valence-electron chi connectivity index (χ0n) is 13.9. The topological polar surface area (TPSA) is 0 Å². The summed E-state index contributed by atoms with van der Waals surface area (Å²) in [6.45, 7) is 0. The fourth-order valence-electron chi connectivity index (χ4n) is 2.18. The molecule has 0 unspecified atom stereocenters. The van der Waals surface area contributed by atoms with E-state index in [9.17, 15) is 0 Å². The van der Waals surface area contributed by atoms with Crippen LogP contribution in [0.1, 0.15) is 0 Å². The van der Waals surface area contributed by atoms with Gasteiger partial charge in [-0.2, -0.15) is 0 Å². The Morgan fingerprint density at radius 1 is 0.435 bits per heavy atom. The third kappa shape index (κ3) is 6.44. The maximum absolute atomic E-state index is 2.23. The molecule has 0 aromatic heterocycles. The fourth-order valence-corrected chi connectivity index (χ4v) is 4.48. The van der Waals surface area contributed by atoms with Crippen LogP contribution in [0.2, 0.25) is 0 Å². The van der Waals surface area contributed by atoms with Crippen LogP contribution in [-0.2, 0) is 22.4 Å². The van der Waals surface area contributed by atoms with Crippen LogP contribution >= 0.6 is 7.92 Å². The van der Waals surface area contributed by atoms with Gasteiger partial charge < -0.3 is 14.9 Å². The van der Waals surface area contributed by atoms with E-state index in [1.165, 1.54) is 15.9 Å². The van der Waals surface area contributed by atoms with E-state index in [1.807, 2.05) is 0 Å². The quantitative estimate of drug-likeness (QED) is 0.293. The monoisotopic (exact) mass is 496 g/mol. The molecule has 0 amide bonds. The van der Waals surface area contributed by atoms with Crippen LogP contribution in [0.4, 0.5) is 0 Å². The first-order valence-electron chi connectivity index (χ1n) is 6.40. The summed E-state index contributed by atoms with van der Waals surface area (Å²) >= 11 is 0. The molecule has 0 aliphatic heterocycles. The standard InChI is InChI=1S/C18H15P.2CH3.Au.Li/c1-4-10-16(11-5-1)19(17-12-6-2-7-13-17)18-14-8-3-9-15-18;;;;/h1-15H;2*1H3;;/q;2*-1;;. The smallest absolute Gasteiger partial charge is 0 e. The minimum absolute atomic E-state index is 0. The van der Waals surface area contributed by atoms with Crippen molar-refractivity contribution in [1.82, 2.24) is 0 Å². The van der Waals surface area contributed by atoms with Crippen LogP contribution in [-0.4, -0.2) is 18.9 Å². The molecule has 0 spiro atoms. The molecule has 0 saturated carbocycles. The summed E-state index contributed by atoms with van der Waals surface area (Å²) in [6, 6.07) is 32.3. The van der Waals surface area contributed by atoms with Gasteiger partial charge in [0.2, 0.25) is 0 Å². The van der Waals surface area contributed by atoms with E-state index in [0.29, 0.717) is 0 Å². The minimum atomic E-state index is -0.446. The second-order valence-corrected chi connectivity index (χ2v) is 6.56. The number of rotatable bonds is 3. The molecule has 0 heterocycles. The number of hydrogen-bond donors (Lipinski definition) is 0. The normalized spacial score (nSPS) is 8.74. The van der Waals surface area contributed by atoms with E-state index in [1.54, 1.807) is 0 Å². The summed E-state index contributed by atoms with van der Waals surface area (Å²) in [5.41, 5.74) is 0. The molecule has 0 bridgehead atoms. The van der Waals surface area contributed by atoms with Crippen LogP contribution in [0.3, 0.4) is 0 Å². The average molecular weight is 496 g/mol. The van der Waals surface area contributed by atoms with E-state index >= 15 is 0 Å². The van der Waals surface area contributed by atoms with E-state index in [2.05, 4.69) is 91.0 Å². The van der Waals surface area contributed by atoms with Crippen molar-refractivity contribution >= 4 is 42.7 Å². The Morgan fingerprint density at radius 3 is 0.870 bits per heavy atom. The maximum Gasteiger partial charge on any atom is 0 e. The van der Waals surface area contributed by atoms with Crippen LogP contribution < -0.4 is 15.9 Å². The van der Waals surface area contributed by atoms with E-state index in [-0.39, 0.29) is 56.1 Å². The van der Waals surface area contributed by atoms with Crippen LogP contribution in [0.25, 0.3) is 0 Å². The van der Waals surface area contributed by atoms with Crippen LogP contribution in [0.15, 0.2) is 91.0 Å². The largest absolute Gasteiger partial charge is 0.358 e. The third-order valence-electron chi connectivity index (χ3n) is 3.04. The zero-order chi connectivity index (χ0) is 12.9. The Labute approximate surface area is 170 Å². The molecule has 23 heavy (non-hydrogen) atoms. The average Bonchev–Trinajstić information content (AvgIpc) is 2.51. The summed E-state index contributed by atoms with van der Waals surface area (Å²) in [6.07, 6.45) is 0. The minimum Gasteiger partial charge on any atom is -0.358 e. The Kier molecular flexibility index (Phi) is 13.7. The number of benzene rings is 3. The molecular weight excluding hydrogens is 475 g/mol. The van der Waals surface area contributed by atoms with Crippen LogP contribution in [0, 0.1) is 14.9 Å². The molecule has 0 fully saturated rings. The van der Waals surface area contributed by atoms with E-state index < -0.39 is 7.92 Å². The second-order valence-electron chi connectivity index (χ2n) is 4.34. The Hall–Kier alpha value is -0.572.